The number of carbonyl (C=O) groups is 2. The Morgan fingerprint density at radius 2 is 2.00 bits per heavy atom. The maximum atomic E-state index is 12.7. The predicted octanol–water partition coefficient (Wildman–Crippen LogP) is 2.45. The average molecular weight is 351 g/mol. The fourth-order valence-corrected chi connectivity index (χ4v) is 4.10. The van der Waals surface area contributed by atoms with Gasteiger partial charge in [-0.3, -0.25) is 9.59 Å². The summed E-state index contributed by atoms with van der Waals surface area (Å²) < 4.78 is 0. The average Bonchev–Trinajstić information content (AvgIpc) is 3.05. The van der Waals surface area contributed by atoms with E-state index >= 15 is 0 Å². The van der Waals surface area contributed by atoms with Crippen LogP contribution >= 0.6 is 0 Å². The maximum absolute atomic E-state index is 12.7. The van der Waals surface area contributed by atoms with Crippen LogP contribution in [0.5, 0.6) is 0 Å². The third-order valence-electron chi connectivity index (χ3n) is 5.64. The minimum Gasteiger partial charge on any atom is -0.352 e. The minimum absolute atomic E-state index is 0.00152. The van der Waals surface area contributed by atoms with Crippen molar-refractivity contribution >= 4 is 28.3 Å². The van der Waals surface area contributed by atoms with Gasteiger partial charge in [-0.25, -0.2) is 0 Å². The molecule has 0 bridgehead atoms. The SMILES string of the molecule is CC1NCCCC1NC(=O)C1CC(=O)N(c2cccc3ccccc23)C1. The number of nitrogens with zero attached hydrogens (tertiary/aromatic N) is 1. The van der Waals surface area contributed by atoms with Gasteiger partial charge in [0.15, 0.2) is 0 Å². The summed E-state index contributed by atoms with van der Waals surface area (Å²) in [5, 5.41) is 8.71. The number of benzene rings is 2. The maximum Gasteiger partial charge on any atom is 0.227 e. The third kappa shape index (κ3) is 3.19. The van der Waals surface area contributed by atoms with Crippen molar-refractivity contribution in [1.29, 1.82) is 0 Å². The summed E-state index contributed by atoms with van der Waals surface area (Å²) in [6.07, 6.45) is 2.35. The Bertz CT molecular complexity index is 830. The summed E-state index contributed by atoms with van der Waals surface area (Å²) in [7, 11) is 0. The third-order valence-corrected chi connectivity index (χ3v) is 5.64. The summed E-state index contributed by atoms with van der Waals surface area (Å²) in [6.45, 7) is 3.56. The molecule has 0 aliphatic carbocycles. The van der Waals surface area contributed by atoms with Gasteiger partial charge in [-0.05, 0) is 37.8 Å². The quantitative estimate of drug-likeness (QED) is 0.893. The number of fused-ring (bicyclic) bond motifs is 1. The van der Waals surface area contributed by atoms with E-state index in [2.05, 4.69) is 17.6 Å². The van der Waals surface area contributed by atoms with E-state index in [4.69, 9.17) is 0 Å². The molecule has 136 valence electrons. The van der Waals surface area contributed by atoms with Crippen molar-refractivity contribution in [3.05, 3.63) is 42.5 Å². The largest absolute Gasteiger partial charge is 0.352 e. The van der Waals surface area contributed by atoms with Crippen molar-refractivity contribution in [2.75, 3.05) is 18.0 Å². The highest BCUT2D eigenvalue weighted by Gasteiger charge is 2.37. The van der Waals surface area contributed by atoms with Crippen LogP contribution in [0.25, 0.3) is 10.8 Å². The number of rotatable bonds is 3. The molecular weight excluding hydrogens is 326 g/mol. The first-order valence-corrected chi connectivity index (χ1v) is 9.45. The number of carbonyl (C=O) groups excluding carboxylic acids is 2. The Kier molecular flexibility index (Phi) is 4.64. The Morgan fingerprint density at radius 3 is 2.85 bits per heavy atom. The number of hydrogen-bond acceptors (Lipinski definition) is 3. The van der Waals surface area contributed by atoms with Crippen LogP contribution in [0.4, 0.5) is 5.69 Å². The lowest BCUT2D eigenvalue weighted by Gasteiger charge is -2.31. The number of amides is 2. The van der Waals surface area contributed by atoms with Gasteiger partial charge in [0, 0.05) is 30.4 Å². The summed E-state index contributed by atoms with van der Waals surface area (Å²) in [4.78, 5) is 27.1. The van der Waals surface area contributed by atoms with E-state index in [1.54, 1.807) is 4.90 Å². The van der Waals surface area contributed by atoms with Gasteiger partial charge in [0.05, 0.1) is 11.6 Å². The smallest absolute Gasteiger partial charge is 0.227 e. The van der Waals surface area contributed by atoms with Gasteiger partial charge in [0.2, 0.25) is 11.8 Å². The summed E-state index contributed by atoms with van der Waals surface area (Å²) >= 11 is 0. The molecule has 2 heterocycles. The van der Waals surface area contributed by atoms with Gasteiger partial charge >= 0.3 is 0 Å². The van der Waals surface area contributed by atoms with E-state index < -0.39 is 0 Å². The lowest BCUT2D eigenvalue weighted by Crippen LogP contribution is -2.53. The van der Waals surface area contributed by atoms with Gasteiger partial charge < -0.3 is 15.5 Å². The van der Waals surface area contributed by atoms with Crippen molar-refractivity contribution in [3.8, 4) is 0 Å². The monoisotopic (exact) mass is 351 g/mol. The zero-order valence-electron chi connectivity index (χ0n) is 15.1. The van der Waals surface area contributed by atoms with Crippen molar-refractivity contribution in [2.24, 2.45) is 5.92 Å². The normalized spacial score (nSPS) is 26.3. The molecule has 2 saturated heterocycles. The molecule has 2 aromatic rings. The van der Waals surface area contributed by atoms with Crippen LogP contribution < -0.4 is 15.5 Å². The van der Waals surface area contributed by atoms with Gasteiger partial charge in [-0.2, -0.15) is 0 Å². The van der Waals surface area contributed by atoms with Crippen LogP contribution in [0.1, 0.15) is 26.2 Å². The molecule has 26 heavy (non-hydrogen) atoms. The molecule has 3 unspecified atom stereocenters. The second-order valence-electron chi connectivity index (χ2n) is 7.40. The predicted molar refractivity (Wildman–Crippen MR) is 103 cm³/mol. The molecular formula is C21H25N3O2. The van der Waals surface area contributed by atoms with Crippen LogP contribution in [0.2, 0.25) is 0 Å². The zero-order valence-corrected chi connectivity index (χ0v) is 15.1. The van der Waals surface area contributed by atoms with E-state index in [9.17, 15) is 9.59 Å². The molecule has 2 amide bonds. The molecule has 3 atom stereocenters. The van der Waals surface area contributed by atoms with Crippen molar-refractivity contribution in [3.63, 3.8) is 0 Å². The van der Waals surface area contributed by atoms with Crippen LogP contribution in [-0.4, -0.2) is 37.0 Å². The van der Waals surface area contributed by atoms with Crippen molar-refractivity contribution in [2.45, 2.75) is 38.3 Å². The second kappa shape index (κ2) is 7.08. The highest BCUT2D eigenvalue weighted by molar-refractivity contribution is 6.07. The summed E-state index contributed by atoms with van der Waals surface area (Å²) in [5.74, 6) is -0.256. The van der Waals surface area contributed by atoms with E-state index in [0.29, 0.717) is 6.54 Å². The molecule has 5 nitrogen and oxygen atoms in total. The molecule has 5 heteroatoms. The zero-order chi connectivity index (χ0) is 18.1. The number of hydrogen-bond donors (Lipinski definition) is 2. The summed E-state index contributed by atoms with van der Waals surface area (Å²) in [5.41, 5.74) is 0.899. The van der Waals surface area contributed by atoms with E-state index in [-0.39, 0.29) is 36.2 Å². The lowest BCUT2D eigenvalue weighted by molar-refractivity contribution is -0.127. The van der Waals surface area contributed by atoms with Gasteiger partial charge in [0.25, 0.3) is 0 Å². The molecule has 2 N–H and O–H groups in total. The first-order valence-electron chi connectivity index (χ1n) is 9.45. The van der Waals surface area contributed by atoms with Gasteiger partial charge in [-0.1, -0.05) is 36.4 Å². The van der Waals surface area contributed by atoms with Gasteiger partial charge in [-0.15, -0.1) is 0 Å². The molecule has 2 aliphatic rings. The number of nitrogens with one attached hydrogen (secondary N) is 2. The molecule has 0 saturated carbocycles. The highest BCUT2D eigenvalue weighted by atomic mass is 16.2. The summed E-state index contributed by atoms with van der Waals surface area (Å²) in [6, 6.07) is 14.4. The standard InChI is InChI=1S/C21H25N3O2/c1-14-18(9-5-11-22-14)23-21(26)16-12-20(25)24(13-16)19-10-4-7-15-6-2-3-8-17(15)19/h2-4,6-8,10,14,16,18,22H,5,9,11-13H2,1H3,(H,23,26). The first kappa shape index (κ1) is 17.0. The van der Waals surface area contributed by atoms with E-state index in [0.717, 1.165) is 35.8 Å². The van der Waals surface area contributed by atoms with Crippen molar-refractivity contribution in [1.82, 2.24) is 10.6 Å². The van der Waals surface area contributed by atoms with Crippen LogP contribution in [0.15, 0.2) is 42.5 Å². The number of anilines is 1. The second-order valence-corrected chi connectivity index (χ2v) is 7.40. The minimum atomic E-state index is -0.282. The highest BCUT2D eigenvalue weighted by Crippen LogP contribution is 2.31. The van der Waals surface area contributed by atoms with E-state index in [1.165, 1.54) is 0 Å². The molecule has 4 rings (SSSR count). The molecule has 0 radical (unpaired) electrons. The topological polar surface area (TPSA) is 61.4 Å². The Labute approximate surface area is 153 Å². The molecule has 2 aliphatic heterocycles. The van der Waals surface area contributed by atoms with Gasteiger partial charge in [0.1, 0.15) is 0 Å². The fourth-order valence-electron chi connectivity index (χ4n) is 4.10. The Morgan fingerprint density at radius 1 is 1.19 bits per heavy atom. The Balaban J connectivity index is 1.50. The lowest BCUT2D eigenvalue weighted by atomic mass is 9.98. The molecule has 2 fully saturated rings. The number of piperidine rings is 1. The Hall–Kier alpha value is -2.40. The molecule has 0 aromatic heterocycles. The van der Waals surface area contributed by atoms with Crippen LogP contribution in [-0.2, 0) is 9.59 Å². The molecule has 2 aromatic carbocycles. The van der Waals surface area contributed by atoms with Crippen LogP contribution in [0, 0.1) is 5.92 Å². The van der Waals surface area contributed by atoms with Crippen LogP contribution in [0.3, 0.4) is 0 Å². The molecule has 0 spiro atoms. The van der Waals surface area contributed by atoms with Crippen molar-refractivity contribution < 1.29 is 9.59 Å². The fraction of sp³-hybridized carbons (Fsp3) is 0.429. The van der Waals surface area contributed by atoms with E-state index in [1.807, 2.05) is 42.5 Å². The first-order chi connectivity index (χ1) is 12.6.